The van der Waals surface area contributed by atoms with E-state index >= 15 is 0 Å². The van der Waals surface area contributed by atoms with Crippen LogP contribution in [0.5, 0.6) is 0 Å². The molecule has 4 N–H and O–H groups in total. The zero-order valence-corrected chi connectivity index (χ0v) is 10.8. The Hall–Kier alpha value is -1.63. The van der Waals surface area contributed by atoms with E-state index in [-0.39, 0.29) is 11.9 Å². The van der Waals surface area contributed by atoms with Crippen LogP contribution in [0.15, 0.2) is 0 Å². The van der Waals surface area contributed by atoms with Crippen molar-refractivity contribution >= 4 is 17.8 Å². The molecule has 1 aromatic heterocycles. The van der Waals surface area contributed by atoms with E-state index in [1.807, 2.05) is 11.9 Å². The minimum absolute atomic E-state index is 0.162. The summed E-state index contributed by atoms with van der Waals surface area (Å²) in [5.74, 6) is 0.866. The number of ether oxygens (including phenoxy) is 1. The third-order valence-corrected chi connectivity index (χ3v) is 3.50. The molecule has 0 atom stereocenters. The third kappa shape index (κ3) is 2.79. The standard InChI is InChI=1S/C11H20N6O/c1-17(7-3-5-8(18-2)6-4-7)11-15-9(12)14-10(13)16-11/h7-8H,3-6H2,1-2H3,(H4,12,13,14,15,16). The van der Waals surface area contributed by atoms with Crippen molar-refractivity contribution in [1.82, 2.24) is 15.0 Å². The van der Waals surface area contributed by atoms with E-state index in [2.05, 4.69) is 15.0 Å². The fourth-order valence-electron chi connectivity index (χ4n) is 2.39. The number of nitrogen functional groups attached to an aromatic ring is 2. The summed E-state index contributed by atoms with van der Waals surface area (Å²) in [7, 11) is 3.73. The van der Waals surface area contributed by atoms with Crippen molar-refractivity contribution in [1.29, 1.82) is 0 Å². The summed E-state index contributed by atoms with van der Waals surface area (Å²) in [6.45, 7) is 0. The van der Waals surface area contributed by atoms with Gasteiger partial charge in [0.15, 0.2) is 0 Å². The second-order valence-electron chi connectivity index (χ2n) is 4.63. The maximum atomic E-state index is 5.58. The first kappa shape index (κ1) is 12.8. The predicted molar refractivity (Wildman–Crippen MR) is 70.1 cm³/mol. The molecule has 18 heavy (non-hydrogen) atoms. The van der Waals surface area contributed by atoms with Crippen LogP contribution in [-0.4, -0.2) is 41.3 Å². The van der Waals surface area contributed by atoms with Gasteiger partial charge >= 0.3 is 0 Å². The minimum atomic E-state index is 0.162. The second kappa shape index (κ2) is 5.34. The molecule has 0 spiro atoms. The molecule has 1 heterocycles. The molecule has 0 amide bonds. The number of aromatic nitrogens is 3. The van der Waals surface area contributed by atoms with E-state index in [9.17, 15) is 0 Å². The molecule has 0 aliphatic heterocycles. The molecule has 1 saturated carbocycles. The lowest BCUT2D eigenvalue weighted by atomic mass is 9.92. The molecule has 0 bridgehead atoms. The van der Waals surface area contributed by atoms with Gasteiger partial charge in [0, 0.05) is 20.2 Å². The molecule has 0 unspecified atom stereocenters. The molecule has 0 saturated heterocycles. The van der Waals surface area contributed by atoms with E-state index in [1.165, 1.54) is 0 Å². The zero-order valence-electron chi connectivity index (χ0n) is 10.8. The molecule has 100 valence electrons. The normalized spacial score (nSPS) is 23.9. The summed E-state index contributed by atoms with van der Waals surface area (Å²) in [4.78, 5) is 14.0. The van der Waals surface area contributed by atoms with Crippen LogP contribution in [0.1, 0.15) is 25.7 Å². The maximum Gasteiger partial charge on any atom is 0.231 e. The first-order chi connectivity index (χ1) is 8.60. The summed E-state index contributed by atoms with van der Waals surface area (Å²) < 4.78 is 5.36. The highest BCUT2D eigenvalue weighted by Crippen LogP contribution is 2.26. The maximum absolute atomic E-state index is 5.58. The van der Waals surface area contributed by atoms with Crippen LogP contribution >= 0.6 is 0 Å². The van der Waals surface area contributed by atoms with Crippen LogP contribution in [0.4, 0.5) is 17.8 Å². The average Bonchev–Trinajstić information content (AvgIpc) is 2.37. The number of anilines is 3. The number of methoxy groups -OCH3 is 1. The Morgan fingerprint density at radius 1 is 1.06 bits per heavy atom. The summed E-state index contributed by atoms with van der Waals surface area (Å²) >= 11 is 0. The Balaban J connectivity index is 2.05. The Morgan fingerprint density at radius 2 is 1.61 bits per heavy atom. The highest BCUT2D eigenvalue weighted by Gasteiger charge is 2.25. The highest BCUT2D eigenvalue weighted by molar-refractivity contribution is 5.39. The van der Waals surface area contributed by atoms with Gasteiger partial charge in [-0.15, -0.1) is 0 Å². The number of hydrogen-bond donors (Lipinski definition) is 2. The van der Waals surface area contributed by atoms with Crippen LogP contribution in [0.25, 0.3) is 0 Å². The van der Waals surface area contributed by atoms with Gasteiger partial charge in [0.25, 0.3) is 0 Å². The van der Waals surface area contributed by atoms with E-state index in [1.54, 1.807) is 7.11 Å². The smallest absolute Gasteiger partial charge is 0.231 e. The van der Waals surface area contributed by atoms with Crippen molar-refractivity contribution in [3.05, 3.63) is 0 Å². The van der Waals surface area contributed by atoms with Crippen molar-refractivity contribution in [3.63, 3.8) is 0 Å². The molecule has 0 radical (unpaired) electrons. The summed E-state index contributed by atoms with van der Waals surface area (Å²) in [6, 6.07) is 0.401. The predicted octanol–water partition coefficient (Wildman–Crippen LogP) is 0.430. The number of nitrogens with zero attached hydrogens (tertiary/aromatic N) is 4. The van der Waals surface area contributed by atoms with Gasteiger partial charge in [0.05, 0.1) is 6.10 Å². The fraction of sp³-hybridized carbons (Fsp3) is 0.727. The number of hydrogen-bond acceptors (Lipinski definition) is 7. The summed E-state index contributed by atoms with van der Waals surface area (Å²) in [5, 5.41) is 0. The lowest BCUT2D eigenvalue weighted by Crippen LogP contribution is -2.38. The van der Waals surface area contributed by atoms with Crippen LogP contribution in [0.2, 0.25) is 0 Å². The van der Waals surface area contributed by atoms with E-state index in [0.717, 1.165) is 25.7 Å². The van der Waals surface area contributed by atoms with Crippen molar-refractivity contribution in [2.75, 3.05) is 30.5 Å². The first-order valence-corrected chi connectivity index (χ1v) is 6.12. The fourth-order valence-corrected chi connectivity index (χ4v) is 2.39. The quantitative estimate of drug-likeness (QED) is 0.804. The van der Waals surface area contributed by atoms with Crippen molar-refractivity contribution in [2.45, 2.75) is 37.8 Å². The van der Waals surface area contributed by atoms with Gasteiger partial charge in [0.1, 0.15) is 0 Å². The highest BCUT2D eigenvalue weighted by atomic mass is 16.5. The lowest BCUT2D eigenvalue weighted by Gasteiger charge is -2.34. The molecule has 7 nitrogen and oxygen atoms in total. The Morgan fingerprint density at radius 3 is 2.11 bits per heavy atom. The molecule has 7 heteroatoms. The molecular weight excluding hydrogens is 232 g/mol. The molecule has 0 aromatic carbocycles. The molecular formula is C11H20N6O. The van der Waals surface area contributed by atoms with Gasteiger partial charge in [-0.2, -0.15) is 15.0 Å². The summed E-state index contributed by atoms with van der Waals surface area (Å²) in [6.07, 6.45) is 4.60. The van der Waals surface area contributed by atoms with Gasteiger partial charge in [-0.3, -0.25) is 0 Å². The Kier molecular flexibility index (Phi) is 3.81. The summed E-state index contributed by atoms with van der Waals surface area (Å²) in [5.41, 5.74) is 11.2. The molecule has 1 aromatic rings. The van der Waals surface area contributed by atoms with Crippen molar-refractivity contribution < 1.29 is 4.74 Å². The van der Waals surface area contributed by atoms with Crippen LogP contribution in [0.3, 0.4) is 0 Å². The molecule has 2 rings (SSSR count). The number of nitrogens with two attached hydrogens (primary N) is 2. The Labute approximate surface area is 107 Å². The van der Waals surface area contributed by atoms with Gasteiger partial charge in [-0.1, -0.05) is 0 Å². The SMILES string of the molecule is COC1CCC(N(C)c2nc(N)nc(N)n2)CC1. The van der Waals surface area contributed by atoms with Gasteiger partial charge in [0.2, 0.25) is 17.8 Å². The van der Waals surface area contributed by atoms with E-state index in [4.69, 9.17) is 16.2 Å². The van der Waals surface area contributed by atoms with E-state index < -0.39 is 0 Å². The topological polar surface area (TPSA) is 103 Å². The van der Waals surface area contributed by atoms with Crippen LogP contribution in [-0.2, 0) is 4.74 Å². The first-order valence-electron chi connectivity index (χ1n) is 6.12. The largest absolute Gasteiger partial charge is 0.381 e. The third-order valence-electron chi connectivity index (χ3n) is 3.50. The lowest BCUT2D eigenvalue weighted by molar-refractivity contribution is 0.0659. The van der Waals surface area contributed by atoms with Gasteiger partial charge in [-0.05, 0) is 25.7 Å². The van der Waals surface area contributed by atoms with Crippen molar-refractivity contribution in [3.8, 4) is 0 Å². The van der Waals surface area contributed by atoms with Crippen LogP contribution < -0.4 is 16.4 Å². The van der Waals surface area contributed by atoms with Gasteiger partial charge < -0.3 is 21.1 Å². The zero-order chi connectivity index (χ0) is 13.1. The monoisotopic (exact) mass is 252 g/mol. The second-order valence-corrected chi connectivity index (χ2v) is 4.63. The van der Waals surface area contributed by atoms with E-state index in [0.29, 0.717) is 18.1 Å². The minimum Gasteiger partial charge on any atom is -0.381 e. The van der Waals surface area contributed by atoms with Gasteiger partial charge in [-0.25, -0.2) is 0 Å². The Bertz CT molecular complexity index is 384. The molecule has 1 aliphatic carbocycles. The van der Waals surface area contributed by atoms with Crippen molar-refractivity contribution in [2.24, 2.45) is 0 Å². The molecule has 1 fully saturated rings. The average molecular weight is 252 g/mol. The number of rotatable bonds is 3. The molecule has 1 aliphatic rings. The van der Waals surface area contributed by atoms with Crippen LogP contribution in [0, 0.1) is 0 Å².